The molecule has 1 fully saturated rings. The Labute approximate surface area is 274 Å². The van der Waals surface area contributed by atoms with Crippen molar-refractivity contribution < 1.29 is 45.9 Å². The summed E-state index contributed by atoms with van der Waals surface area (Å²) < 4.78 is 68.3. The van der Waals surface area contributed by atoms with Crippen molar-refractivity contribution in [2.24, 2.45) is 5.92 Å². The number of aromatic nitrogens is 3. The average molecular weight is 677 g/mol. The van der Waals surface area contributed by atoms with Gasteiger partial charge in [-0.1, -0.05) is 0 Å². The molecule has 0 spiro atoms. The maximum absolute atomic E-state index is 14.8. The Morgan fingerprint density at radius 3 is 2.38 bits per heavy atom. The fourth-order valence-corrected chi connectivity index (χ4v) is 5.50. The number of nitrogens with zero attached hydrogens (tertiary/aromatic N) is 5. The fourth-order valence-electron chi connectivity index (χ4n) is 5.50. The van der Waals surface area contributed by atoms with E-state index in [2.05, 4.69) is 29.4 Å². The molecule has 258 valence electrons. The zero-order chi connectivity index (χ0) is 35.4. The number of likely N-dealkylation sites (tertiary alicyclic amines) is 1. The van der Waals surface area contributed by atoms with Gasteiger partial charge in [0.2, 0.25) is 5.82 Å². The zero-order valence-corrected chi connectivity index (χ0v) is 27.2. The first-order chi connectivity index (χ1) is 22.5. The number of carboxylic acid groups (broad SMARTS) is 1. The number of benzene rings is 2. The van der Waals surface area contributed by atoms with E-state index in [0.717, 1.165) is 28.7 Å². The molecule has 2 aromatic heterocycles. The number of halogens is 5. The van der Waals surface area contributed by atoms with E-state index in [1.165, 1.54) is 51.4 Å². The number of piperidine rings is 1. The molecule has 0 bridgehead atoms. The minimum Gasteiger partial charge on any atom is -0.542 e. The first-order valence-corrected chi connectivity index (χ1v) is 15.1. The summed E-state index contributed by atoms with van der Waals surface area (Å²) in [6, 6.07) is 8.40. The van der Waals surface area contributed by atoms with Crippen LogP contribution >= 0.6 is 0 Å². The van der Waals surface area contributed by atoms with Crippen molar-refractivity contribution in [1.82, 2.24) is 19.3 Å². The van der Waals surface area contributed by atoms with E-state index in [-0.39, 0.29) is 17.2 Å². The third-order valence-corrected chi connectivity index (χ3v) is 8.43. The number of carbonyl (C=O) groups excluding carboxylic acids is 2. The molecule has 0 unspecified atom stereocenters. The van der Waals surface area contributed by atoms with Gasteiger partial charge in [0, 0.05) is 42.8 Å². The monoisotopic (exact) mass is 676 g/mol. The number of alkyl halides is 3. The number of hydrogen-bond acceptors (Lipinski definition) is 7. The molecule has 15 heteroatoms. The second-order valence-corrected chi connectivity index (χ2v) is 12.3. The highest BCUT2D eigenvalue weighted by molar-refractivity contribution is 5.96. The highest BCUT2D eigenvalue weighted by Crippen LogP contribution is 2.32. The molecule has 0 saturated carbocycles. The molecule has 10 nitrogen and oxygen atoms in total. The average Bonchev–Trinajstić information content (AvgIpc) is 3.46. The number of quaternary nitrogens is 1. The Balaban J connectivity index is 0.000000671. The van der Waals surface area contributed by atoms with Gasteiger partial charge in [0.05, 0.1) is 46.2 Å². The molecule has 2 aromatic carbocycles. The van der Waals surface area contributed by atoms with Gasteiger partial charge >= 0.3 is 6.18 Å². The van der Waals surface area contributed by atoms with Crippen LogP contribution in [0.3, 0.4) is 0 Å². The number of nitrogens with one attached hydrogen (secondary N) is 1. The molecule has 48 heavy (non-hydrogen) atoms. The van der Waals surface area contributed by atoms with E-state index in [4.69, 9.17) is 14.6 Å². The maximum atomic E-state index is 14.8. The summed E-state index contributed by atoms with van der Waals surface area (Å²) in [5.74, 6) is -4.12. The molecule has 1 aliphatic heterocycles. The van der Waals surface area contributed by atoms with Gasteiger partial charge in [-0.2, -0.15) is 17.6 Å². The third kappa shape index (κ3) is 8.37. The molecule has 1 N–H and O–H groups in total. The van der Waals surface area contributed by atoms with Crippen LogP contribution in [0.2, 0.25) is 0 Å². The molecule has 1 aliphatic rings. The van der Waals surface area contributed by atoms with E-state index in [0.29, 0.717) is 28.6 Å². The van der Waals surface area contributed by atoms with Gasteiger partial charge in [-0.3, -0.25) is 9.20 Å². The summed E-state index contributed by atoms with van der Waals surface area (Å²) >= 11 is 0. The van der Waals surface area contributed by atoms with Crippen molar-refractivity contribution in [3.8, 4) is 17.0 Å². The van der Waals surface area contributed by atoms with Crippen LogP contribution in [-0.2, 0) is 4.79 Å². The topological polar surface area (TPSA) is 112 Å². The SMILES string of the molecule is COc1ccc(-c2cnc3c(Nc4ccc(C(=O)N(C)CCC5CC[N+](C)(C)CC5)c(C)c4)nccn23)c(F)c1F.O=C([O-])C(F)(F)F. The molecular formula is C33H37F5N6O4. The molecule has 1 amide bonds. The summed E-state index contributed by atoms with van der Waals surface area (Å²) in [5, 5.41) is 12.0. The van der Waals surface area contributed by atoms with Gasteiger partial charge in [0.25, 0.3) is 5.91 Å². The molecule has 0 aliphatic carbocycles. The van der Waals surface area contributed by atoms with E-state index in [9.17, 15) is 26.7 Å². The number of aliphatic carboxylic acids is 1. The van der Waals surface area contributed by atoms with Gasteiger partial charge in [0.1, 0.15) is 5.97 Å². The maximum Gasteiger partial charge on any atom is 0.430 e. The van der Waals surface area contributed by atoms with Crippen LogP contribution in [0.4, 0.5) is 33.5 Å². The summed E-state index contributed by atoms with van der Waals surface area (Å²) in [7, 11) is 7.72. The number of ether oxygens (including phenoxy) is 1. The van der Waals surface area contributed by atoms with E-state index in [1.807, 2.05) is 37.1 Å². The van der Waals surface area contributed by atoms with Crippen LogP contribution in [0.1, 0.15) is 35.2 Å². The highest BCUT2D eigenvalue weighted by atomic mass is 19.4. The standard InChI is InChI=1S/C31H36F2N6O2.C2HF3O2/c1-20-18-22(6-7-23(20)31(40)37(2)14-10-21-11-16-39(3,4)17-12-21)36-29-30-35-19-25(38(30)15-13-34-29)24-8-9-26(41-5)28(33)27(24)32;3-2(4,5)1(6)7/h6-9,13,15,18-19,21H,10-12,14,16-17H2,1-5H3;(H,6,7). The molecular weight excluding hydrogens is 639 g/mol. The Morgan fingerprint density at radius 2 is 1.77 bits per heavy atom. The summed E-state index contributed by atoms with van der Waals surface area (Å²) in [6.45, 7) is 5.03. The molecule has 3 heterocycles. The Kier molecular flexibility index (Phi) is 10.9. The van der Waals surface area contributed by atoms with Crippen molar-refractivity contribution in [3.63, 3.8) is 0 Å². The number of carboxylic acids is 1. The lowest BCUT2D eigenvalue weighted by Gasteiger charge is -2.37. The van der Waals surface area contributed by atoms with Crippen molar-refractivity contribution in [3.05, 3.63) is 71.7 Å². The second kappa shape index (κ2) is 14.5. The van der Waals surface area contributed by atoms with Gasteiger partial charge < -0.3 is 29.3 Å². The first kappa shape index (κ1) is 36.1. The summed E-state index contributed by atoms with van der Waals surface area (Å²) in [5.41, 5.74) is 3.11. The second-order valence-electron chi connectivity index (χ2n) is 12.3. The number of amides is 1. The predicted molar refractivity (Wildman–Crippen MR) is 167 cm³/mol. The molecule has 5 rings (SSSR count). The van der Waals surface area contributed by atoms with E-state index in [1.54, 1.807) is 16.8 Å². The van der Waals surface area contributed by atoms with Crippen molar-refractivity contribution in [2.45, 2.75) is 32.4 Å². The van der Waals surface area contributed by atoms with Crippen LogP contribution in [0.15, 0.2) is 48.9 Å². The quantitative estimate of drug-likeness (QED) is 0.207. The lowest BCUT2D eigenvalue weighted by atomic mass is 9.92. The minimum atomic E-state index is -5.19. The van der Waals surface area contributed by atoms with E-state index < -0.39 is 23.8 Å². The molecule has 1 saturated heterocycles. The Bertz CT molecular complexity index is 1780. The predicted octanol–water partition coefficient (Wildman–Crippen LogP) is 4.98. The summed E-state index contributed by atoms with van der Waals surface area (Å²) in [6.07, 6.45) is 2.92. The van der Waals surface area contributed by atoms with Crippen LogP contribution in [0.25, 0.3) is 16.9 Å². The minimum absolute atomic E-state index is 0.00726. The van der Waals surface area contributed by atoms with Crippen LogP contribution in [0.5, 0.6) is 5.75 Å². The van der Waals surface area contributed by atoms with Crippen molar-refractivity contribution in [2.75, 3.05) is 53.2 Å². The van der Waals surface area contributed by atoms with Crippen LogP contribution < -0.4 is 15.2 Å². The number of aryl methyl sites for hydroxylation is 1. The number of hydrogen-bond donors (Lipinski definition) is 1. The van der Waals surface area contributed by atoms with E-state index >= 15 is 0 Å². The molecule has 0 radical (unpaired) electrons. The van der Waals surface area contributed by atoms with Gasteiger partial charge in [-0.05, 0) is 68.0 Å². The number of rotatable bonds is 8. The Hall–Kier alpha value is -4.79. The highest BCUT2D eigenvalue weighted by Gasteiger charge is 2.29. The lowest BCUT2D eigenvalue weighted by Crippen LogP contribution is -2.46. The largest absolute Gasteiger partial charge is 0.542 e. The fraction of sp³-hybridized carbons (Fsp3) is 0.394. The van der Waals surface area contributed by atoms with Crippen molar-refractivity contribution in [1.29, 1.82) is 0 Å². The normalized spacial score (nSPS) is 14.6. The first-order valence-electron chi connectivity index (χ1n) is 15.1. The van der Waals surface area contributed by atoms with Crippen molar-refractivity contribution >= 4 is 29.0 Å². The number of methoxy groups -OCH3 is 1. The number of imidazole rings is 1. The van der Waals surface area contributed by atoms with Gasteiger partial charge in [-0.25, -0.2) is 14.4 Å². The van der Waals surface area contributed by atoms with Gasteiger partial charge in [-0.15, -0.1) is 0 Å². The number of anilines is 2. The summed E-state index contributed by atoms with van der Waals surface area (Å²) in [4.78, 5) is 32.7. The smallest absolute Gasteiger partial charge is 0.430 e. The number of carbonyl (C=O) groups is 2. The van der Waals surface area contributed by atoms with Crippen LogP contribution in [-0.4, -0.2) is 89.7 Å². The van der Waals surface area contributed by atoms with Gasteiger partial charge in [0.15, 0.2) is 23.0 Å². The molecule has 4 aromatic rings. The molecule has 0 atom stereocenters. The lowest BCUT2D eigenvalue weighted by molar-refractivity contribution is -0.896. The Morgan fingerprint density at radius 1 is 1.10 bits per heavy atom. The zero-order valence-electron chi connectivity index (χ0n) is 27.2. The third-order valence-electron chi connectivity index (χ3n) is 8.43. The van der Waals surface area contributed by atoms with Crippen LogP contribution in [0, 0.1) is 24.5 Å². The number of fused-ring (bicyclic) bond motifs is 1.